The lowest BCUT2D eigenvalue weighted by Gasteiger charge is -2.08. The predicted molar refractivity (Wildman–Crippen MR) is 60.7 cm³/mol. The van der Waals surface area contributed by atoms with E-state index in [-0.39, 0.29) is 0 Å². The van der Waals surface area contributed by atoms with Crippen LogP contribution in [0.4, 0.5) is 0 Å². The molecule has 0 saturated heterocycles. The summed E-state index contributed by atoms with van der Waals surface area (Å²) in [7, 11) is 4.17. The molecule has 1 aromatic carbocycles. The Morgan fingerprint density at radius 3 is 2.87 bits per heavy atom. The van der Waals surface area contributed by atoms with Crippen LogP contribution in [-0.2, 0) is 6.54 Å². The van der Waals surface area contributed by atoms with E-state index >= 15 is 0 Å². The van der Waals surface area contributed by atoms with Gasteiger partial charge in [-0.05, 0) is 39.2 Å². The summed E-state index contributed by atoms with van der Waals surface area (Å²) in [4.78, 5) is 2.18. The van der Waals surface area contributed by atoms with E-state index in [0.717, 1.165) is 30.5 Å². The minimum atomic E-state index is 0.929. The average Bonchev–Trinajstić information content (AvgIpc) is 2.62. The van der Waals surface area contributed by atoms with E-state index in [1.807, 2.05) is 22.9 Å². The molecular formula is C11H16N4. The molecule has 15 heavy (non-hydrogen) atoms. The predicted octanol–water partition coefficient (Wildman–Crippen LogP) is 1.38. The third-order valence-corrected chi connectivity index (χ3v) is 2.40. The Morgan fingerprint density at radius 1 is 1.27 bits per heavy atom. The second-order valence-corrected chi connectivity index (χ2v) is 3.96. The number of benzene rings is 1. The number of hydrogen-bond acceptors (Lipinski definition) is 3. The van der Waals surface area contributed by atoms with E-state index in [0.29, 0.717) is 0 Å². The van der Waals surface area contributed by atoms with Crippen molar-refractivity contribution >= 4 is 11.0 Å². The SMILES string of the molecule is CN(C)CCCn1nnc2ccccc21. The highest BCUT2D eigenvalue weighted by molar-refractivity contribution is 5.73. The Hall–Kier alpha value is -1.42. The van der Waals surface area contributed by atoms with Gasteiger partial charge in [-0.3, -0.25) is 0 Å². The van der Waals surface area contributed by atoms with Gasteiger partial charge >= 0.3 is 0 Å². The van der Waals surface area contributed by atoms with Gasteiger partial charge in [0.15, 0.2) is 0 Å². The minimum Gasteiger partial charge on any atom is -0.309 e. The summed E-state index contributed by atoms with van der Waals surface area (Å²) in [6.45, 7) is 2.01. The molecule has 2 rings (SSSR count). The van der Waals surface area contributed by atoms with E-state index in [9.17, 15) is 0 Å². The highest BCUT2D eigenvalue weighted by atomic mass is 15.4. The lowest BCUT2D eigenvalue weighted by atomic mass is 10.3. The third-order valence-electron chi connectivity index (χ3n) is 2.40. The molecule has 4 heteroatoms. The quantitative estimate of drug-likeness (QED) is 0.754. The Labute approximate surface area is 89.5 Å². The van der Waals surface area contributed by atoms with E-state index in [2.05, 4.69) is 35.4 Å². The second-order valence-electron chi connectivity index (χ2n) is 3.96. The van der Waals surface area contributed by atoms with Crippen LogP contribution in [0.3, 0.4) is 0 Å². The number of aromatic nitrogens is 3. The first-order valence-electron chi connectivity index (χ1n) is 5.20. The van der Waals surface area contributed by atoms with Crippen LogP contribution >= 0.6 is 0 Å². The van der Waals surface area contributed by atoms with Crippen molar-refractivity contribution in [1.82, 2.24) is 19.9 Å². The van der Waals surface area contributed by atoms with Crippen LogP contribution in [0.15, 0.2) is 24.3 Å². The van der Waals surface area contributed by atoms with Crippen LogP contribution in [0.25, 0.3) is 11.0 Å². The molecule has 0 spiro atoms. The third kappa shape index (κ3) is 2.33. The van der Waals surface area contributed by atoms with Crippen molar-refractivity contribution in [2.75, 3.05) is 20.6 Å². The van der Waals surface area contributed by atoms with Crippen LogP contribution in [0, 0.1) is 0 Å². The average molecular weight is 204 g/mol. The molecule has 4 nitrogen and oxygen atoms in total. The fraction of sp³-hybridized carbons (Fsp3) is 0.455. The van der Waals surface area contributed by atoms with Crippen molar-refractivity contribution in [2.24, 2.45) is 0 Å². The highest BCUT2D eigenvalue weighted by Gasteiger charge is 2.02. The van der Waals surface area contributed by atoms with E-state index in [1.165, 1.54) is 0 Å². The normalized spacial score (nSPS) is 11.4. The van der Waals surface area contributed by atoms with E-state index in [4.69, 9.17) is 0 Å². The van der Waals surface area contributed by atoms with Gasteiger partial charge in [0.25, 0.3) is 0 Å². The van der Waals surface area contributed by atoms with Gasteiger partial charge < -0.3 is 4.90 Å². The fourth-order valence-corrected chi connectivity index (χ4v) is 1.62. The summed E-state index contributed by atoms with van der Waals surface area (Å²) in [5.41, 5.74) is 2.10. The molecule has 1 aromatic heterocycles. The molecule has 0 radical (unpaired) electrons. The molecule has 0 aliphatic carbocycles. The molecule has 0 aliphatic heterocycles. The monoisotopic (exact) mass is 204 g/mol. The first-order chi connectivity index (χ1) is 7.27. The molecule has 80 valence electrons. The lowest BCUT2D eigenvalue weighted by molar-refractivity contribution is 0.381. The van der Waals surface area contributed by atoms with Gasteiger partial charge in [0.2, 0.25) is 0 Å². The van der Waals surface area contributed by atoms with Crippen LogP contribution in [0.2, 0.25) is 0 Å². The molecule has 0 atom stereocenters. The standard InChI is InChI=1S/C11H16N4/c1-14(2)8-5-9-15-11-7-4-3-6-10(11)12-13-15/h3-4,6-7H,5,8-9H2,1-2H3. The van der Waals surface area contributed by atoms with Gasteiger partial charge in [0, 0.05) is 6.54 Å². The van der Waals surface area contributed by atoms with Crippen molar-refractivity contribution in [3.8, 4) is 0 Å². The van der Waals surface area contributed by atoms with Crippen molar-refractivity contribution in [3.63, 3.8) is 0 Å². The number of nitrogens with zero attached hydrogens (tertiary/aromatic N) is 4. The summed E-state index contributed by atoms with van der Waals surface area (Å²) in [5.74, 6) is 0. The second kappa shape index (κ2) is 4.40. The summed E-state index contributed by atoms with van der Waals surface area (Å²) in [6.07, 6.45) is 1.10. The zero-order chi connectivity index (χ0) is 10.7. The maximum Gasteiger partial charge on any atom is 0.113 e. The fourth-order valence-electron chi connectivity index (χ4n) is 1.62. The van der Waals surface area contributed by atoms with E-state index in [1.54, 1.807) is 0 Å². The van der Waals surface area contributed by atoms with Crippen LogP contribution < -0.4 is 0 Å². The first-order valence-corrected chi connectivity index (χ1v) is 5.20. The Balaban J connectivity index is 2.08. The largest absolute Gasteiger partial charge is 0.309 e. The molecule has 0 N–H and O–H groups in total. The Kier molecular flexibility index (Phi) is 2.97. The minimum absolute atomic E-state index is 0.929. The summed E-state index contributed by atoms with van der Waals surface area (Å²) in [5, 5.41) is 8.26. The molecule has 0 saturated carbocycles. The zero-order valence-corrected chi connectivity index (χ0v) is 9.22. The molecule has 0 bridgehead atoms. The molecule has 0 fully saturated rings. The van der Waals surface area contributed by atoms with Crippen molar-refractivity contribution < 1.29 is 0 Å². The van der Waals surface area contributed by atoms with E-state index < -0.39 is 0 Å². The van der Waals surface area contributed by atoms with Crippen molar-refractivity contribution in [1.29, 1.82) is 0 Å². The number of aryl methyl sites for hydroxylation is 1. The molecule has 0 amide bonds. The maximum absolute atomic E-state index is 4.14. The number of rotatable bonds is 4. The van der Waals surface area contributed by atoms with Crippen LogP contribution in [-0.4, -0.2) is 40.5 Å². The molecule has 0 unspecified atom stereocenters. The van der Waals surface area contributed by atoms with Gasteiger partial charge in [0.1, 0.15) is 5.52 Å². The zero-order valence-electron chi connectivity index (χ0n) is 9.22. The van der Waals surface area contributed by atoms with Crippen molar-refractivity contribution in [3.05, 3.63) is 24.3 Å². The van der Waals surface area contributed by atoms with Gasteiger partial charge in [-0.1, -0.05) is 17.3 Å². The topological polar surface area (TPSA) is 34.0 Å². The molecule has 1 heterocycles. The molecule has 2 aromatic rings. The molecular weight excluding hydrogens is 188 g/mol. The smallest absolute Gasteiger partial charge is 0.113 e. The maximum atomic E-state index is 4.14. The van der Waals surface area contributed by atoms with Gasteiger partial charge in [0.05, 0.1) is 5.52 Å². The van der Waals surface area contributed by atoms with Gasteiger partial charge in [-0.15, -0.1) is 5.10 Å². The van der Waals surface area contributed by atoms with Crippen molar-refractivity contribution in [2.45, 2.75) is 13.0 Å². The summed E-state index contributed by atoms with van der Waals surface area (Å²) < 4.78 is 1.97. The Morgan fingerprint density at radius 2 is 2.07 bits per heavy atom. The first kappa shape index (κ1) is 10.1. The van der Waals surface area contributed by atoms with Crippen LogP contribution in [0.5, 0.6) is 0 Å². The Bertz CT molecular complexity index is 433. The van der Waals surface area contributed by atoms with Gasteiger partial charge in [-0.2, -0.15) is 0 Å². The summed E-state index contributed by atoms with van der Waals surface area (Å²) in [6, 6.07) is 8.06. The number of hydrogen-bond donors (Lipinski definition) is 0. The highest BCUT2D eigenvalue weighted by Crippen LogP contribution is 2.09. The van der Waals surface area contributed by atoms with Gasteiger partial charge in [-0.25, -0.2) is 4.68 Å². The number of fused-ring (bicyclic) bond motifs is 1. The lowest BCUT2D eigenvalue weighted by Crippen LogP contribution is -2.15. The van der Waals surface area contributed by atoms with Crippen LogP contribution in [0.1, 0.15) is 6.42 Å². The summed E-state index contributed by atoms with van der Waals surface area (Å²) >= 11 is 0. The molecule has 0 aliphatic rings. The number of para-hydroxylation sites is 1.